The average Bonchev–Trinajstić information content (AvgIpc) is 2.30. The van der Waals surface area contributed by atoms with E-state index < -0.39 is 0 Å². The van der Waals surface area contributed by atoms with Crippen molar-refractivity contribution in [1.82, 2.24) is 4.90 Å². The number of nitrogens with two attached hydrogens (primary N) is 1. The Kier molecular flexibility index (Phi) is 4.42. The van der Waals surface area contributed by atoms with Crippen molar-refractivity contribution in [2.75, 3.05) is 39.4 Å². The first kappa shape index (κ1) is 10.7. The first-order chi connectivity index (χ1) is 6.22. The molecule has 0 aromatic carbocycles. The van der Waals surface area contributed by atoms with Gasteiger partial charge in [-0.05, 0) is 11.5 Å². The van der Waals surface area contributed by atoms with E-state index in [1.54, 1.807) is 0 Å². The summed E-state index contributed by atoms with van der Waals surface area (Å²) in [6.45, 7) is 11.5. The maximum Gasteiger partial charge on any atom is 0.0593 e. The van der Waals surface area contributed by atoms with Crippen molar-refractivity contribution in [3.63, 3.8) is 0 Å². The van der Waals surface area contributed by atoms with Crippen LogP contribution in [0.3, 0.4) is 0 Å². The van der Waals surface area contributed by atoms with Crippen LogP contribution in [-0.2, 0) is 4.74 Å². The van der Waals surface area contributed by atoms with Crippen LogP contribution in [0.25, 0.3) is 0 Å². The Morgan fingerprint density at radius 1 is 1.69 bits per heavy atom. The first-order valence-corrected chi connectivity index (χ1v) is 4.89. The standard InChI is InChI=1S/C10H20N2O/c1-9(5-11)6-12-3-4-13-8-10(2)7-12/h10H,1,3-8,11H2,2H3. The zero-order chi connectivity index (χ0) is 9.68. The van der Waals surface area contributed by atoms with Crippen molar-refractivity contribution in [1.29, 1.82) is 0 Å². The molecule has 0 bridgehead atoms. The van der Waals surface area contributed by atoms with Crippen molar-refractivity contribution in [3.8, 4) is 0 Å². The van der Waals surface area contributed by atoms with Gasteiger partial charge in [0.15, 0.2) is 0 Å². The highest BCUT2D eigenvalue weighted by atomic mass is 16.5. The van der Waals surface area contributed by atoms with Crippen molar-refractivity contribution in [3.05, 3.63) is 12.2 Å². The molecule has 0 radical (unpaired) electrons. The average molecular weight is 184 g/mol. The summed E-state index contributed by atoms with van der Waals surface area (Å²) >= 11 is 0. The molecule has 2 N–H and O–H groups in total. The summed E-state index contributed by atoms with van der Waals surface area (Å²) in [5.74, 6) is 0.619. The highest BCUT2D eigenvalue weighted by Gasteiger charge is 2.14. The second kappa shape index (κ2) is 5.37. The lowest BCUT2D eigenvalue weighted by atomic mass is 10.2. The van der Waals surface area contributed by atoms with Crippen molar-refractivity contribution in [2.45, 2.75) is 6.92 Å². The van der Waals surface area contributed by atoms with E-state index in [9.17, 15) is 0 Å². The van der Waals surface area contributed by atoms with Crippen molar-refractivity contribution >= 4 is 0 Å². The van der Waals surface area contributed by atoms with E-state index in [-0.39, 0.29) is 0 Å². The van der Waals surface area contributed by atoms with Gasteiger partial charge in [0.25, 0.3) is 0 Å². The van der Waals surface area contributed by atoms with Crippen LogP contribution >= 0.6 is 0 Å². The van der Waals surface area contributed by atoms with Gasteiger partial charge >= 0.3 is 0 Å². The van der Waals surface area contributed by atoms with Gasteiger partial charge in [-0.1, -0.05) is 13.5 Å². The summed E-state index contributed by atoms with van der Waals surface area (Å²) < 4.78 is 5.45. The Morgan fingerprint density at radius 2 is 2.46 bits per heavy atom. The van der Waals surface area contributed by atoms with Gasteiger partial charge in [0.1, 0.15) is 0 Å². The quantitative estimate of drug-likeness (QED) is 0.648. The molecule has 1 fully saturated rings. The maximum atomic E-state index is 5.51. The fourth-order valence-corrected chi connectivity index (χ4v) is 1.59. The summed E-state index contributed by atoms with van der Waals surface area (Å²) in [6.07, 6.45) is 0. The van der Waals surface area contributed by atoms with E-state index in [4.69, 9.17) is 10.5 Å². The van der Waals surface area contributed by atoms with E-state index in [1.165, 1.54) is 0 Å². The molecule has 0 spiro atoms. The van der Waals surface area contributed by atoms with Crippen LogP contribution in [0.2, 0.25) is 0 Å². The lowest BCUT2D eigenvalue weighted by molar-refractivity contribution is 0.126. The molecule has 76 valence electrons. The number of nitrogens with zero attached hydrogens (tertiary/aromatic N) is 1. The molecule has 0 aromatic rings. The third kappa shape index (κ3) is 3.89. The monoisotopic (exact) mass is 184 g/mol. The van der Waals surface area contributed by atoms with E-state index >= 15 is 0 Å². The molecule has 1 rings (SSSR count). The van der Waals surface area contributed by atoms with Crippen LogP contribution in [0.15, 0.2) is 12.2 Å². The predicted octanol–water partition coefficient (Wildman–Crippen LogP) is 0.470. The van der Waals surface area contributed by atoms with Crippen LogP contribution in [-0.4, -0.2) is 44.3 Å². The predicted molar refractivity (Wildman–Crippen MR) is 54.6 cm³/mol. The smallest absolute Gasteiger partial charge is 0.0593 e. The van der Waals surface area contributed by atoms with Crippen molar-refractivity contribution < 1.29 is 4.74 Å². The fourth-order valence-electron chi connectivity index (χ4n) is 1.59. The summed E-state index contributed by atoms with van der Waals surface area (Å²) in [5.41, 5.74) is 6.61. The van der Waals surface area contributed by atoms with E-state index in [0.29, 0.717) is 12.5 Å². The minimum absolute atomic E-state index is 0.589. The van der Waals surface area contributed by atoms with Crippen LogP contribution < -0.4 is 5.73 Å². The molecule has 0 amide bonds. The molecule has 0 saturated carbocycles. The SMILES string of the molecule is C=C(CN)CN1CCOCC(C)C1. The van der Waals surface area contributed by atoms with Gasteiger partial charge in [0.05, 0.1) is 13.2 Å². The van der Waals surface area contributed by atoms with Gasteiger partial charge in [-0.15, -0.1) is 0 Å². The molecule has 1 heterocycles. The Hall–Kier alpha value is -0.380. The second-order valence-electron chi connectivity index (χ2n) is 3.87. The van der Waals surface area contributed by atoms with Crippen LogP contribution in [0.5, 0.6) is 0 Å². The Bertz CT molecular complexity index is 170. The molecule has 3 nitrogen and oxygen atoms in total. The van der Waals surface area contributed by atoms with Crippen LogP contribution in [0.4, 0.5) is 0 Å². The van der Waals surface area contributed by atoms with Gasteiger partial charge in [-0.2, -0.15) is 0 Å². The third-order valence-electron chi connectivity index (χ3n) is 2.26. The third-order valence-corrected chi connectivity index (χ3v) is 2.26. The highest BCUT2D eigenvalue weighted by Crippen LogP contribution is 2.07. The lowest BCUT2D eigenvalue weighted by Crippen LogP contribution is -2.32. The summed E-state index contributed by atoms with van der Waals surface area (Å²) in [4.78, 5) is 2.37. The molecule has 3 heteroatoms. The van der Waals surface area contributed by atoms with Crippen LogP contribution in [0.1, 0.15) is 6.92 Å². The van der Waals surface area contributed by atoms with Gasteiger partial charge < -0.3 is 10.5 Å². The number of hydrogen-bond donors (Lipinski definition) is 1. The molecule has 0 aromatic heterocycles. The number of ether oxygens (including phenoxy) is 1. The number of rotatable bonds is 3. The molecule has 1 atom stereocenters. The highest BCUT2D eigenvalue weighted by molar-refractivity contribution is 4.98. The Morgan fingerprint density at radius 3 is 3.15 bits per heavy atom. The van der Waals surface area contributed by atoms with E-state index in [1.807, 2.05) is 0 Å². The van der Waals surface area contributed by atoms with E-state index in [2.05, 4.69) is 18.4 Å². The summed E-state index contributed by atoms with van der Waals surface area (Å²) in [6, 6.07) is 0. The number of hydrogen-bond acceptors (Lipinski definition) is 3. The molecular weight excluding hydrogens is 164 g/mol. The van der Waals surface area contributed by atoms with Crippen molar-refractivity contribution in [2.24, 2.45) is 11.7 Å². The first-order valence-electron chi connectivity index (χ1n) is 4.89. The van der Waals surface area contributed by atoms with Gasteiger partial charge in [0.2, 0.25) is 0 Å². The fraction of sp³-hybridized carbons (Fsp3) is 0.800. The lowest BCUT2D eigenvalue weighted by Gasteiger charge is -2.21. The molecular formula is C10H20N2O. The molecule has 0 aliphatic carbocycles. The van der Waals surface area contributed by atoms with Gasteiger partial charge in [-0.3, -0.25) is 4.90 Å². The maximum absolute atomic E-state index is 5.51. The van der Waals surface area contributed by atoms with Gasteiger partial charge in [0, 0.05) is 26.2 Å². The Balaban J connectivity index is 2.34. The van der Waals surface area contributed by atoms with Crippen LogP contribution in [0, 0.1) is 5.92 Å². The normalized spacial score (nSPS) is 25.5. The minimum Gasteiger partial charge on any atom is -0.380 e. The molecule has 1 aliphatic heterocycles. The molecule has 13 heavy (non-hydrogen) atoms. The largest absolute Gasteiger partial charge is 0.380 e. The topological polar surface area (TPSA) is 38.5 Å². The van der Waals surface area contributed by atoms with Gasteiger partial charge in [-0.25, -0.2) is 0 Å². The summed E-state index contributed by atoms with van der Waals surface area (Å²) in [5, 5.41) is 0. The summed E-state index contributed by atoms with van der Waals surface area (Å²) in [7, 11) is 0. The second-order valence-corrected chi connectivity index (χ2v) is 3.87. The Labute approximate surface area is 80.5 Å². The molecule has 1 saturated heterocycles. The zero-order valence-corrected chi connectivity index (χ0v) is 8.46. The molecule has 1 aliphatic rings. The zero-order valence-electron chi connectivity index (χ0n) is 8.46. The minimum atomic E-state index is 0.589. The molecule has 1 unspecified atom stereocenters. The van der Waals surface area contributed by atoms with E-state index in [0.717, 1.165) is 38.4 Å².